The molecule has 1 saturated heterocycles. The van der Waals surface area contributed by atoms with Crippen LogP contribution < -0.4 is 10.2 Å². The summed E-state index contributed by atoms with van der Waals surface area (Å²) in [5, 5.41) is 3.35. The number of halogens is 1. The normalized spacial score (nSPS) is 15.1. The Morgan fingerprint density at radius 3 is 2.40 bits per heavy atom. The molecule has 1 aliphatic heterocycles. The van der Waals surface area contributed by atoms with E-state index >= 15 is 0 Å². The lowest BCUT2D eigenvalue weighted by atomic mass is 10.2. The number of carbonyl (C=O) groups is 1. The number of nitrogens with zero attached hydrogens (tertiary/aromatic N) is 1. The van der Waals surface area contributed by atoms with E-state index in [0.717, 1.165) is 30.7 Å². The Labute approximate surface area is 129 Å². The first kappa shape index (κ1) is 17.0. The first-order chi connectivity index (χ1) is 9.42. The van der Waals surface area contributed by atoms with Crippen molar-refractivity contribution in [2.45, 2.75) is 26.4 Å². The molecule has 1 aromatic carbocycles. The number of hydrogen-bond acceptors (Lipinski definition) is 4. The fourth-order valence-electron chi connectivity index (χ4n) is 1.74. The SMILES string of the molecule is Brc1cccc(N2CCNCC2)c1.CC(C)(C)OC=O. The van der Waals surface area contributed by atoms with Crippen LogP contribution in [0.2, 0.25) is 0 Å². The summed E-state index contributed by atoms with van der Waals surface area (Å²) in [6.45, 7) is 10.3. The van der Waals surface area contributed by atoms with Crippen molar-refractivity contribution in [3.8, 4) is 0 Å². The van der Waals surface area contributed by atoms with Gasteiger partial charge in [-0.05, 0) is 39.0 Å². The molecule has 0 saturated carbocycles. The zero-order valence-corrected chi connectivity index (χ0v) is 13.9. The maximum atomic E-state index is 9.60. The van der Waals surface area contributed by atoms with Gasteiger partial charge in [-0.3, -0.25) is 4.79 Å². The van der Waals surface area contributed by atoms with Gasteiger partial charge in [-0.1, -0.05) is 22.0 Å². The molecule has 1 aromatic rings. The highest BCUT2D eigenvalue weighted by atomic mass is 79.9. The van der Waals surface area contributed by atoms with Crippen molar-refractivity contribution in [3.63, 3.8) is 0 Å². The second-order valence-electron chi connectivity index (χ2n) is 5.54. The number of piperazine rings is 1. The van der Waals surface area contributed by atoms with Gasteiger partial charge in [0.15, 0.2) is 0 Å². The van der Waals surface area contributed by atoms with Gasteiger partial charge >= 0.3 is 0 Å². The largest absolute Gasteiger partial charge is 0.462 e. The first-order valence-corrected chi connectivity index (χ1v) is 7.54. The van der Waals surface area contributed by atoms with Crippen LogP contribution in [-0.2, 0) is 9.53 Å². The molecule has 0 unspecified atom stereocenters. The fourth-order valence-corrected chi connectivity index (χ4v) is 2.13. The molecule has 0 aromatic heterocycles. The highest BCUT2D eigenvalue weighted by Crippen LogP contribution is 2.19. The lowest BCUT2D eigenvalue weighted by molar-refractivity contribution is -0.138. The number of rotatable bonds is 2. The Balaban J connectivity index is 0.000000246. The zero-order chi connectivity index (χ0) is 15.0. The second-order valence-corrected chi connectivity index (χ2v) is 6.46. The molecule has 20 heavy (non-hydrogen) atoms. The summed E-state index contributed by atoms with van der Waals surface area (Å²) in [4.78, 5) is 12.0. The van der Waals surface area contributed by atoms with Crippen molar-refractivity contribution in [3.05, 3.63) is 28.7 Å². The lowest BCUT2D eigenvalue weighted by Crippen LogP contribution is -2.43. The highest BCUT2D eigenvalue weighted by molar-refractivity contribution is 9.10. The zero-order valence-electron chi connectivity index (χ0n) is 12.4. The van der Waals surface area contributed by atoms with Gasteiger partial charge in [0, 0.05) is 36.3 Å². The maximum Gasteiger partial charge on any atom is 0.293 e. The van der Waals surface area contributed by atoms with Crippen LogP contribution in [0.15, 0.2) is 28.7 Å². The monoisotopic (exact) mass is 342 g/mol. The van der Waals surface area contributed by atoms with Gasteiger partial charge in [-0.25, -0.2) is 0 Å². The second kappa shape index (κ2) is 8.27. The van der Waals surface area contributed by atoms with Crippen LogP contribution in [0.25, 0.3) is 0 Å². The highest BCUT2D eigenvalue weighted by Gasteiger charge is 2.09. The summed E-state index contributed by atoms with van der Waals surface area (Å²) in [7, 11) is 0. The Morgan fingerprint density at radius 2 is 1.95 bits per heavy atom. The molecule has 0 aliphatic carbocycles. The van der Waals surface area contributed by atoms with Crippen LogP contribution in [0.3, 0.4) is 0 Å². The third kappa shape index (κ3) is 6.91. The number of carbonyl (C=O) groups excluding carboxylic acids is 1. The summed E-state index contributed by atoms with van der Waals surface area (Å²) in [5.41, 5.74) is 0.998. The quantitative estimate of drug-likeness (QED) is 0.839. The van der Waals surface area contributed by atoms with Crippen LogP contribution >= 0.6 is 15.9 Å². The smallest absolute Gasteiger partial charge is 0.293 e. The van der Waals surface area contributed by atoms with E-state index < -0.39 is 0 Å². The predicted molar refractivity (Wildman–Crippen MR) is 86.1 cm³/mol. The fraction of sp³-hybridized carbons (Fsp3) is 0.533. The molecule has 5 heteroatoms. The van der Waals surface area contributed by atoms with Gasteiger partial charge in [-0.15, -0.1) is 0 Å². The summed E-state index contributed by atoms with van der Waals surface area (Å²) in [5.74, 6) is 0. The summed E-state index contributed by atoms with van der Waals surface area (Å²) >= 11 is 3.49. The van der Waals surface area contributed by atoms with Crippen LogP contribution in [0.5, 0.6) is 0 Å². The average molecular weight is 343 g/mol. The van der Waals surface area contributed by atoms with Crippen LogP contribution in [-0.4, -0.2) is 38.3 Å². The van der Waals surface area contributed by atoms with E-state index in [4.69, 9.17) is 0 Å². The minimum Gasteiger partial charge on any atom is -0.462 e. The minimum absolute atomic E-state index is 0.318. The standard InChI is InChI=1S/C10H13BrN2.C5H10O2/c11-9-2-1-3-10(8-9)13-6-4-12-5-7-13;1-5(2,3)7-4-6/h1-3,8,12H,4-7H2;4H,1-3H3. The molecular weight excluding hydrogens is 320 g/mol. The third-order valence-corrected chi connectivity index (χ3v) is 3.19. The molecule has 1 N–H and O–H groups in total. The molecule has 0 radical (unpaired) electrons. The molecule has 4 nitrogen and oxygen atoms in total. The topological polar surface area (TPSA) is 41.6 Å². The molecule has 0 amide bonds. The molecule has 1 fully saturated rings. The van der Waals surface area contributed by atoms with Gasteiger partial charge < -0.3 is 15.0 Å². The molecule has 1 aliphatic rings. The van der Waals surface area contributed by atoms with E-state index in [0.29, 0.717) is 6.47 Å². The maximum absolute atomic E-state index is 9.60. The number of benzene rings is 1. The van der Waals surface area contributed by atoms with E-state index in [1.807, 2.05) is 20.8 Å². The molecule has 112 valence electrons. The molecule has 0 spiro atoms. The predicted octanol–water partition coefficient (Wildman–Crippen LogP) is 2.82. The molecule has 0 bridgehead atoms. The van der Waals surface area contributed by atoms with Crippen molar-refractivity contribution in [2.75, 3.05) is 31.1 Å². The van der Waals surface area contributed by atoms with Crippen molar-refractivity contribution in [1.29, 1.82) is 0 Å². The van der Waals surface area contributed by atoms with Crippen molar-refractivity contribution in [2.24, 2.45) is 0 Å². The van der Waals surface area contributed by atoms with Crippen molar-refractivity contribution in [1.82, 2.24) is 5.32 Å². The van der Waals surface area contributed by atoms with Crippen LogP contribution in [0.4, 0.5) is 5.69 Å². The van der Waals surface area contributed by atoms with Crippen molar-refractivity contribution < 1.29 is 9.53 Å². The molecule has 2 rings (SSSR count). The molecule has 1 heterocycles. The van der Waals surface area contributed by atoms with E-state index in [-0.39, 0.29) is 5.60 Å². The average Bonchev–Trinajstić information content (AvgIpc) is 2.39. The van der Waals surface area contributed by atoms with Crippen LogP contribution in [0, 0.1) is 0 Å². The molecule has 0 atom stereocenters. The number of hydrogen-bond donors (Lipinski definition) is 1. The molecular formula is C15H23BrN2O2. The lowest BCUT2D eigenvalue weighted by Gasteiger charge is -2.29. The Kier molecular flexibility index (Phi) is 7.02. The number of nitrogens with one attached hydrogen (secondary N) is 1. The summed E-state index contributed by atoms with van der Waals surface area (Å²) < 4.78 is 5.70. The van der Waals surface area contributed by atoms with Gasteiger partial charge in [0.1, 0.15) is 5.60 Å². The minimum atomic E-state index is -0.318. The van der Waals surface area contributed by atoms with E-state index in [9.17, 15) is 4.79 Å². The van der Waals surface area contributed by atoms with Gasteiger partial charge in [0.25, 0.3) is 6.47 Å². The Morgan fingerprint density at radius 1 is 1.30 bits per heavy atom. The Bertz CT molecular complexity index is 413. The van der Waals surface area contributed by atoms with Crippen molar-refractivity contribution >= 4 is 28.1 Å². The Hall–Kier alpha value is -1.07. The summed E-state index contributed by atoms with van der Waals surface area (Å²) in [6, 6.07) is 8.48. The number of anilines is 1. The van der Waals surface area contributed by atoms with Crippen LogP contribution in [0.1, 0.15) is 20.8 Å². The van der Waals surface area contributed by atoms with E-state index in [2.05, 4.69) is 55.1 Å². The summed E-state index contributed by atoms with van der Waals surface area (Å²) in [6.07, 6.45) is 0. The van der Waals surface area contributed by atoms with Gasteiger partial charge in [-0.2, -0.15) is 0 Å². The third-order valence-electron chi connectivity index (χ3n) is 2.69. The van der Waals surface area contributed by atoms with Gasteiger partial charge in [0.2, 0.25) is 0 Å². The first-order valence-electron chi connectivity index (χ1n) is 6.75. The van der Waals surface area contributed by atoms with E-state index in [1.54, 1.807) is 0 Å². The van der Waals surface area contributed by atoms with Gasteiger partial charge in [0.05, 0.1) is 0 Å². The number of ether oxygens (including phenoxy) is 1. The van der Waals surface area contributed by atoms with E-state index in [1.165, 1.54) is 5.69 Å².